The molecule has 0 aromatic carbocycles. The standard InChI is InChI=1S/C27H31N7O5/c1-38-22-6-5-19(22)30-20-11-24(29-13-18(20)12-28)32-27(37)34-8-3-4-16-10-17(21(15-35)31-25(16)34)14-33-9-7-23(39-2)26(33)36/h10-11,13,15,19,22-23H,3-9,14H2,1-2H3,(H2,29,30,32,37)/t19-,22-,23?/m0/s1. The molecule has 2 N–H and O–H groups in total. The summed E-state index contributed by atoms with van der Waals surface area (Å²) >= 11 is 0. The maximum absolute atomic E-state index is 13.3. The predicted octanol–water partition coefficient (Wildman–Crippen LogP) is 2.48. The molecule has 2 aromatic heterocycles. The lowest BCUT2D eigenvalue weighted by Crippen LogP contribution is -2.44. The highest BCUT2D eigenvalue weighted by Gasteiger charge is 2.33. The van der Waals surface area contributed by atoms with Crippen LogP contribution >= 0.6 is 0 Å². The van der Waals surface area contributed by atoms with E-state index in [2.05, 4.69) is 26.7 Å². The SMILES string of the molecule is COC1CCN(Cc2cc3c(nc2C=O)N(C(=O)Nc2cc(N[C@H]4CC[C@@H]4OC)c(C#N)cn2)CCC3)C1=O. The van der Waals surface area contributed by atoms with Crippen molar-refractivity contribution in [2.75, 3.05) is 42.8 Å². The summed E-state index contributed by atoms with van der Waals surface area (Å²) in [6.45, 7) is 1.22. The highest BCUT2D eigenvalue weighted by molar-refractivity contribution is 6.02. The number of likely N-dealkylation sites (tertiary alicyclic amines) is 1. The van der Waals surface area contributed by atoms with Crippen molar-refractivity contribution in [1.29, 1.82) is 5.26 Å². The van der Waals surface area contributed by atoms with E-state index in [1.54, 1.807) is 18.1 Å². The number of fused-ring (bicyclic) bond motifs is 1. The first-order valence-corrected chi connectivity index (χ1v) is 13.0. The van der Waals surface area contributed by atoms with Crippen molar-refractivity contribution in [2.45, 2.75) is 56.9 Å². The number of ether oxygens (including phenoxy) is 2. The summed E-state index contributed by atoms with van der Waals surface area (Å²) in [4.78, 5) is 49.7. The van der Waals surface area contributed by atoms with Gasteiger partial charge in [0, 0.05) is 58.1 Å². The van der Waals surface area contributed by atoms with Crippen molar-refractivity contribution in [3.8, 4) is 6.07 Å². The van der Waals surface area contributed by atoms with Gasteiger partial charge in [-0.2, -0.15) is 5.26 Å². The van der Waals surface area contributed by atoms with Crippen LogP contribution < -0.4 is 15.5 Å². The summed E-state index contributed by atoms with van der Waals surface area (Å²) < 4.78 is 10.7. The maximum atomic E-state index is 13.3. The van der Waals surface area contributed by atoms with Crippen LogP contribution in [0.4, 0.5) is 22.1 Å². The van der Waals surface area contributed by atoms with E-state index in [4.69, 9.17) is 9.47 Å². The fraction of sp³-hybridized carbons (Fsp3) is 0.481. The van der Waals surface area contributed by atoms with Gasteiger partial charge in [0.05, 0.1) is 23.4 Å². The smallest absolute Gasteiger partial charge is 0.328 e. The lowest BCUT2D eigenvalue weighted by molar-refractivity contribution is -0.136. The zero-order valence-corrected chi connectivity index (χ0v) is 22.0. The summed E-state index contributed by atoms with van der Waals surface area (Å²) in [7, 11) is 3.17. The molecule has 2 fully saturated rings. The number of hydrogen-bond donors (Lipinski definition) is 2. The van der Waals surface area contributed by atoms with Gasteiger partial charge in [-0.15, -0.1) is 0 Å². The Morgan fingerprint density at radius 3 is 2.74 bits per heavy atom. The third kappa shape index (κ3) is 5.28. The number of methoxy groups -OCH3 is 2. The average Bonchev–Trinajstić information content (AvgIpc) is 3.29. The lowest BCUT2D eigenvalue weighted by Gasteiger charge is -2.36. The van der Waals surface area contributed by atoms with Crippen LogP contribution in [0.3, 0.4) is 0 Å². The normalized spacial score (nSPS) is 22.1. The summed E-state index contributed by atoms with van der Waals surface area (Å²) in [6, 6.07) is 5.28. The van der Waals surface area contributed by atoms with Crippen LogP contribution in [0.15, 0.2) is 18.3 Å². The fourth-order valence-electron chi connectivity index (χ4n) is 5.30. The number of hydrogen-bond acceptors (Lipinski definition) is 9. The third-order valence-corrected chi connectivity index (χ3v) is 7.64. The van der Waals surface area contributed by atoms with Gasteiger partial charge in [-0.3, -0.25) is 19.8 Å². The minimum Gasteiger partial charge on any atom is -0.379 e. The first kappa shape index (κ1) is 26.5. The molecule has 4 heterocycles. The molecule has 0 bridgehead atoms. The molecule has 2 aromatic rings. The van der Waals surface area contributed by atoms with Gasteiger partial charge < -0.3 is 19.7 Å². The first-order valence-electron chi connectivity index (χ1n) is 13.0. The molecule has 5 rings (SSSR count). The summed E-state index contributed by atoms with van der Waals surface area (Å²) in [5, 5.41) is 15.6. The van der Waals surface area contributed by atoms with Gasteiger partial charge in [0.1, 0.15) is 29.5 Å². The van der Waals surface area contributed by atoms with Gasteiger partial charge in [0.25, 0.3) is 5.91 Å². The highest BCUT2D eigenvalue weighted by Crippen LogP contribution is 2.31. The Morgan fingerprint density at radius 2 is 2.08 bits per heavy atom. The molecular formula is C27H31N7O5. The molecule has 0 radical (unpaired) electrons. The van der Waals surface area contributed by atoms with Crippen LogP contribution in [0.1, 0.15) is 52.9 Å². The fourth-order valence-corrected chi connectivity index (χ4v) is 5.30. The molecule has 1 aliphatic carbocycles. The van der Waals surface area contributed by atoms with E-state index >= 15 is 0 Å². The number of amides is 3. The van der Waals surface area contributed by atoms with Crippen molar-refractivity contribution in [3.05, 3.63) is 40.7 Å². The van der Waals surface area contributed by atoms with E-state index in [1.165, 1.54) is 18.2 Å². The molecule has 0 spiro atoms. The van der Waals surface area contributed by atoms with Gasteiger partial charge in [0.15, 0.2) is 6.29 Å². The maximum Gasteiger partial charge on any atom is 0.328 e. The number of rotatable bonds is 8. The number of aldehydes is 1. The number of carbonyl (C=O) groups is 3. The summed E-state index contributed by atoms with van der Waals surface area (Å²) in [5.74, 6) is 0.595. The average molecular weight is 534 g/mol. The molecule has 3 amide bonds. The van der Waals surface area contributed by atoms with E-state index in [0.717, 1.165) is 18.4 Å². The van der Waals surface area contributed by atoms with Crippen molar-refractivity contribution in [3.63, 3.8) is 0 Å². The molecule has 1 saturated carbocycles. The van der Waals surface area contributed by atoms with Gasteiger partial charge in [-0.1, -0.05) is 0 Å². The van der Waals surface area contributed by atoms with Gasteiger partial charge in [0.2, 0.25) is 0 Å². The second kappa shape index (κ2) is 11.3. The number of urea groups is 1. The molecule has 39 heavy (non-hydrogen) atoms. The van der Waals surface area contributed by atoms with Gasteiger partial charge in [-0.05, 0) is 37.3 Å². The van der Waals surface area contributed by atoms with Crippen molar-refractivity contribution < 1.29 is 23.9 Å². The Kier molecular flexibility index (Phi) is 7.72. The molecule has 1 unspecified atom stereocenters. The van der Waals surface area contributed by atoms with Crippen LogP contribution in [0.2, 0.25) is 0 Å². The monoisotopic (exact) mass is 533 g/mol. The van der Waals surface area contributed by atoms with Crippen LogP contribution in [0.5, 0.6) is 0 Å². The van der Waals surface area contributed by atoms with Crippen LogP contribution in [0, 0.1) is 11.3 Å². The topological polar surface area (TPSA) is 150 Å². The quantitative estimate of drug-likeness (QED) is 0.488. The number of aromatic nitrogens is 2. The number of nitrogens with one attached hydrogen (secondary N) is 2. The summed E-state index contributed by atoms with van der Waals surface area (Å²) in [6.07, 6.45) is 5.56. The molecule has 1 saturated heterocycles. The summed E-state index contributed by atoms with van der Waals surface area (Å²) in [5.41, 5.74) is 2.62. The Bertz CT molecular complexity index is 1320. The molecule has 2 aliphatic heterocycles. The van der Waals surface area contributed by atoms with Crippen LogP contribution in [0.25, 0.3) is 0 Å². The van der Waals surface area contributed by atoms with E-state index in [9.17, 15) is 19.6 Å². The molecule has 204 valence electrons. The number of aryl methyl sites for hydroxylation is 1. The van der Waals surface area contributed by atoms with Crippen molar-refractivity contribution >= 4 is 35.5 Å². The second-order valence-electron chi connectivity index (χ2n) is 9.92. The minimum atomic E-state index is -0.462. The largest absolute Gasteiger partial charge is 0.379 e. The van der Waals surface area contributed by atoms with E-state index in [-0.39, 0.29) is 36.1 Å². The predicted molar refractivity (Wildman–Crippen MR) is 142 cm³/mol. The Balaban J connectivity index is 1.34. The van der Waals surface area contributed by atoms with Crippen molar-refractivity contribution in [1.82, 2.24) is 14.9 Å². The lowest BCUT2D eigenvalue weighted by atomic mass is 9.88. The van der Waals surface area contributed by atoms with Crippen LogP contribution in [-0.4, -0.2) is 78.7 Å². The molecule has 3 atom stereocenters. The Labute approximate surface area is 226 Å². The molecular weight excluding hydrogens is 502 g/mol. The minimum absolute atomic E-state index is 0.0700. The van der Waals surface area contributed by atoms with Crippen LogP contribution in [-0.2, 0) is 27.2 Å². The highest BCUT2D eigenvalue weighted by atomic mass is 16.5. The first-order chi connectivity index (χ1) is 18.9. The van der Waals surface area contributed by atoms with Gasteiger partial charge >= 0.3 is 6.03 Å². The second-order valence-corrected chi connectivity index (χ2v) is 9.92. The zero-order chi connectivity index (χ0) is 27.5. The van der Waals surface area contributed by atoms with E-state index < -0.39 is 12.1 Å². The Hall–Kier alpha value is -4.08. The van der Waals surface area contributed by atoms with Gasteiger partial charge in [-0.25, -0.2) is 14.8 Å². The third-order valence-electron chi connectivity index (χ3n) is 7.64. The molecule has 3 aliphatic rings. The number of pyridine rings is 2. The number of nitrogens with zero attached hydrogens (tertiary/aromatic N) is 5. The van der Waals surface area contributed by atoms with E-state index in [0.29, 0.717) is 61.3 Å². The van der Waals surface area contributed by atoms with Crippen molar-refractivity contribution in [2.24, 2.45) is 0 Å². The zero-order valence-electron chi connectivity index (χ0n) is 22.0. The number of carbonyl (C=O) groups excluding carboxylic acids is 3. The Morgan fingerprint density at radius 1 is 1.23 bits per heavy atom. The number of nitriles is 1. The molecule has 12 nitrogen and oxygen atoms in total. The molecule has 12 heteroatoms. The number of anilines is 3. The van der Waals surface area contributed by atoms with E-state index in [1.807, 2.05) is 6.07 Å².